The Morgan fingerprint density at radius 2 is 1.90 bits per heavy atom. The molecule has 1 aromatic heterocycles. The fraction of sp³-hybridized carbons (Fsp3) is 0.300. The summed E-state index contributed by atoms with van der Waals surface area (Å²) in [5.41, 5.74) is -0.201. The molecule has 3 rings (SSSR count). The summed E-state index contributed by atoms with van der Waals surface area (Å²) in [5, 5.41) is 49.0. The molecular formula is C20H20O11. The van der Waals surface area contributed by atoms with Gasteiger partial charge < -0.3 is 44.2 Å². The Bertz CT molecular complexity index is 999. The highest BCUT2D eigenvalue weighted by Crippen LogP contribution is 2.27. The van der Waals surface area contributed by atoms with Gasteiger partial charge in [0.25, 0.3) is 0 Å². The molecule has 0 saturated carbocycles. The van der Waals surface area contributed by atoms with Crippen LogP contribution in [0.25, 0.3) is 6.08 Å². The van der Waals surface area contributed by atoms with E-state index in [0.717, 1.165) is 24.7 Å². The van der Waals surface area contributed by atoms with Crippen LogP contribution in [0.3, 0.4) is 0 Å². The highest BCUT2D eigenvalue weighted by Gasteiger charge is 2.48. The van der Waals surface area contributed by atoms with Gasteiger partial charge in [0, 0.05) is 12.1 Å². The van der Waals surface area contributed by atoms with Crippen molar-refractivity contribution in [1.29, 1.82) is 0 Å². The first kappa shape index (κ1) is 22.3. The lowest BCUT2D eigenvalue weighted by Gasteiger charge is -2.40. The Labute approximate surface area is 175 Å². The highest BCUT2D eigenvalue weighted by molar-refractivity contribution is 5.87. The van der Waals surface area contributed by atoms with E-state index in [-0.39, 0.29) is 17.2 Å². The zero-order valence-corrected chi connectivity index (χ0v) is 15.9. The van der Waals surface area contributed by atoms with Gasteiger partial charge >= 0.3 is 5.97 Å². The topological polar surface area (TPSA) is 176 Å². The van der Waals surface area contributed by atoms with E-state index in [9.17, 15) is 35.1 Å². The molecule has 5 unspecified atom stereocenters. The van der Waals surface area contributed by atoms with E-state index in [4.69, 9.17) is 18.6 Å². The van der Waals surface area contributed by atoms with Gasteiger partial charge in [-0.05, 0) is 23.8 Å². The normalized spacial score (nSPS) is 26.0. The Kier molecular flexibility index (Phi) is 6.92. The lowest BCUT2D eigenvalue weighted by atomic mass is 9.99. The molecule has 166 valence electrons. The van der Waals surface area contributed by atoms with Gasteiger partial charge in [-0.15, -0.1) is 0 Å². The molecule has 1 aromatic carbocycles. The number of hydrogen-bond donors (Lipinski definition) is 5. The average molecular weight is 436 g/mol. The Hall–Kier alpha value is -3.38. The van der Waals surface area contributed by atoms with Crippen LogP contribution in [0.5, 0.6) is 17.2 Å². The number of ether oxygens (including phenoxy) is 3. The van der Waals surface area contributed by atoms with Crippen molar-refractivity contribution in [3.63, 3.8) is 0 Å². The molecule has 0 amide bonds. The second-order valence-corrected chi connectivity index (χ2v) is 6.59. The van der Waals surface area contributed by atoms with E-state index >= 15 is 0 Å². The van der Waals surface area contributed by atoms with E-state index in [2.05, 4.69) is 0 Å². The van der Waals surface area contributed by atoms with Gasteiger partial charge in [0.1, 0.15) is 18.5 Å². The van der Waals surface area contributed by atoms with E-state index < -0.39 is 48.7 Å². The molecule has 31 heavy (non-hydrogen) atoms. The minimum atomic E-state index is -1.72. The van der Waals surface area contributed by atoms with Crippen LogP contribution in [0.1, 0.15) is 5.56 Å². The first-order valence-corrected chi connectivity index (χ1v) is 9.06. The molecule has 5 atom stereocenters. The van der Waals surface area contributed by atoms with Crippen molar-refractivity contribution in [2.45, 2.75) is 30.7 Å². The van der Waals surface area contributed by atoms with Crippen LogP contribution in [-0.4, -0.2) is 68.8 Å². The average Bonchev–Trinajstić information content (AvgIpc) is 2.75. The van der Waals surface area contributed by atoms with Gasteiger partial charge in [0.2, 0.25) is 17.5 Å². The molecule has 1 aliphatic rings. The number of benzene rings is 1. The molecule has 1 saturated heterocycles. The van der Waals surface area contributed by atoms with Gasteiger partial charge in [-0.1, -0.05) is 6.07 Å². The molecular weight excluding hydrogens is 416 g/mol. The molecule has 5 N–H and O–H groups in total. The van der Waals surface area contributed by atoms with Crippen molar-refractivity contribution in [1.82, 2.24) is 0 Å². The zero-order chi connectivity index (χ0) is 22.5. The minimum Gasteiger partial charge on any atom is -0.504 e. The number of aliphatic hydroxyl groups excluding tert-OH is 3. The number of rotatable bonds is 6. The third kappa shape index (κ3) is 5.22. The van der Waals surface area contributed by atoms with Crippen molar-refractivity contribution in [2.75, 3.05) is 6.61 Å². The Morgan fingerprint density at radius 3 is 2.58 bits per heavy atom. The van der Waals surface area contributed by atoms with Gasteiger partial charge in [0.15, 0.2) is 23.7 Å². The third-order valence-corrected chi connectivity index (χ3v) is 4.44. The summed E-state index contributed by atoms with van der Waals surface area (Å²) in [7, 11) is 0. The lowest BCUT2D eigenvalue weighted by molar-refractivity contribution is -0.280. The first-order valence-electron chi connectivity index (χ1n) is 9.06. The number of aliphatic hydroxyl groups is 3. The molecule has 2 aromatic rings. The maximum atomic E-state index is 12.2. The summed E-state index contributed by atoms with van der Waals surface area (Å²) in [6.07, 6.45) is -3.36. The van der Waals surface area contributed by atoms with E-state index in [0.29, 0.717) is 5.56 Å². The van der Waals surface area contributed by atoms with Crippen LogP contribution in [0.15, 0.2) is 52.1 Å². The van der Waals surface area contributed by atoms with Gasteiger partial charge in [-0.25, -0.2) is 4.79 Å². The maximum absolute atomic E-state index is 12.2. The molecule has 0 bridgehead atoms. The monoisotopic (exact) mass is 436 g/mol. The van der Waals surface area contributed by atoms with Crippen molar-refractivity contribution in [2.24, 2.45) is 0 Å². The summed E-state index contributed by atoms with van der Waals surface area (Å²) in [5.74, 6) is -1.98. The summed E-state index contributed by atoms with van der Waals surface area (Å²) < 4.78 is 20.5. The van der Waals surface area contributed by atoms with E-state index in [1.165, 1.54) is 24.3 Å². The Balaban J connectivity index is 1.73. The number of carbonyl (C=O) groups is 1. The number of carbonyl (C=O) groups excluding carboxylic acids is 1. The van der Waals surface area contributed by atoms with Crippen molar-refractivity contribution >= 4 is 12.0 Å². The van der Waals surface area contributed by atoms with Crippen molar-refractivity contribution < 1.29 is 49.0 Å². The zero-order valence-electron chi connectivity index (χ0n) is 15.9. The van der Waals surface area contributed by atoms with E-state index in [1.807, 2.05) is 0 Å². The quantitative estimate of drug-likeness (QED) is 0.224. The first-order chi connectivity index (χ1) is 14.8. The fourth-order valence-electron chi connectivity index (χ4n) is 2.82. The summed E-state index contributed by atoms with van der Waals surface area (Å²) in [6, 6.07) is 4.93. The summed E-state index contributed by atoms with van der Waals surface area (Å²) in [6.45, 7) is -0.687. The van der Waals surface area contributed by atoms with Crippen LogP contribution < -0.4 is 10.2 Å². The number of aromatic hydroxyl groups is 2. The van der Waals surface area contributed by atoms with Gasteiger partial charge in [-0.2, -0.15) is 0 Å². The van der Waals surface area contributed by atoms with Crippen molar-refractivity contribution in [3.8, 4) is 17.2 Å². The highest BCUT2D eigenvalue weighted by atomic mass is 16.7. The van der Waals surface area contributed by atoms with E-state index in [1.54, 1.807) is 0 Å². The number of phenolic OH excluding ortho intramolecular Hbond substituents is 2. The molecule has 11 heteroatoms. The second-order valence-electron chi connectivity index (χ2n) is 6.59. The SMILES string of the molecule is O=C(C=Cc1ccc(O)c(O)c1)OC1C(O)C(CO)OC(Oc2coccc2=O)C1O. The molecule has 1 fully saturated rings. The number of esters is 1. The molecule has 2 heterocycles. The van der Waals surface area contributed by atoms with Crippen LogP contribution in [-0.2, 0) is 14.3 Å². The molecule has 1 aliphatic heterocycles. The Morgan fingerprint density at radius 1 is 1.13 bits per heavy atom. The molecule has 0 spiro atoms. The summed E-state index contributed by atoms with van der Waals surface area (Å²) >= 11 is 0. The molecule has 0 radical (unpaired) electrons. The lowest BCUT2D eigenvalue weighted by Crippen LogP contribution is -2.61. The second kappa shape index (κ2) is 9.62. The molecule has 11 nitrogen and oxygen atoms in total. The maximum Gasteiger partial charge on any atom is 0.331 e. The standard InChI is InChI=1S/C20H20O11/c21-8-14-17(26)19(18(27)20(29-14)30-15-9-28-6-5-12(15)23)31-16(25)4-2-10-1-3-11(22)13(24)7-10/h1-7,9,14,17-22,24,26-27H,8H2. The molecule has 0 aliphatic carbocycles. The largest absolute Gasteiger partial charge is 0.504 e. The van der Waals surface area contributed by atoms with Crippen LogP contribution in [0.4, 0.5) is 0 Å². The number of hydrogen-bond acceptors (Lipinski definition) is 11. The third-order valence-electron chi connectivity index (χ3n) is 4.44. The van der Waals surface area contributed by atoms with Gasteiger partial charge in [-0.3, -0.25) is 4.79 Å². The minimum absolute atomic E-state index is 0.295. The van der Waals surface area contributed by atoms with Crippen LogP contribution >= 0.6 is 0 Å². The van der Waals surface area contributed by atoms with Crippen LogP contribution in [0, 0.1) is 0 Å². The van der Waals surface area contributed by atoms with Gasteiger partial charge in [0.05, 0.1) is 12.9 Å². The predicted molar refractivity (Wildman–Crippen MR) is 102 cm³/mol. The van der Waals surface area contributed by atoms with Crippen LogP contribution in [0.2, 0.25) is 0 Å². The fourth-order valence-corrected chi connectivity index (χ4v) is 2.82. The van der Waals surface area contributed by atoms with Crippen molar-refractivity contribution in [3.05, 3.63) is 58.7 Å². The summed E-state index contributed by atoms with van der Waals surface area (Å²) in [4.78, 5) is 24.0. The smallest absolute Gasteiger partial charge is 0.331 e. The predicted octanol–water partition coefficient (Wildman–Crippen LogP) is -0.506. The number of phenols is 2.